The van der Waals surface area contributed by atoms with E-state index in [0.29, 0.717) is 22.8 Å². The zero-order valence-corrected chi connectivity index (χ0v) is 16.1. The number of fused-ring (bicyclic) bond motifs is 1. The second-order valence-corrected chi connectivity index (χ2v) is 7.49. The predicted octanol–water partition coefficient (Wildman–Crippen LogP) is 2.74. The molecule has 3 aromatic rings. The summed E-state index contributed by atoms with van der Waals surface area (Å²) in [5.41, 5.74) is 1.90. The number of aromatic nitrogens is 2. The quantitative estimate of drug-likeness (QED) is 0.736. The third kappa shape index (κ3) is 4.24. The number of piperidine rings is 1. The van der Waals surface area contributed by atoms with Crippen molar-refractivity contribution in [2.24, 2.45) is 0 Å². The first-order chi connectivity index (χ1) is 13.6. The van der Waals surface area contributed by atoms with Gasteiger partial charge in [0.15, 0.2) is 0 Å². The number of nitrogens with one attached hydrogen (secondary N) is 1. The summed E-state index contributed by atoms with van der Waals surface area (Å²) < 4.78 is 1.46. The number of carbonyl (C=O) groups excluding carboxylic acids is 1. The molecule has 0 unspecified atom stereocenters. The van der Waals surface area contributed by atoms with Gasteiger partial charge in [0.2, 0.25) is 0 Å². The van der Waals surface area contributed by atoms with E-state index in [1.54, 1.807) is 24.4 Å². The van der Waals surface area contributed by atoms with Gasteiger partial charge >= 0.3 is 0 Å². The van der Waals surface area contributed by atoms with Crippen LogP contribution in [0.4, 0.5) is 0 Å². The standard InChI is InChI=1S/C21H21ClN4O2/c22-16-6-7-19-23-18(12-20(27)26(19)13-16)14-25-10-8-17(9-11-25)24-21(28)15-4-2-1-3-5-15/h1-7,12-13,17H,8-11,14H2,(H,24,28). The van der Waals surface area contributed by atoms with Gasteiger partial charge in [-0.2, -0.15) is 0 Å². The largest absolute Gasteiger partial charge is 0.349 e. The molecule has 0 atom stereocenters. The first kappa shape index (κ1) is 18.7. The van der Waals surface area contributed by atoms with Crippen LogP contribution in [0.2, 0.25) is 5.02 Å². The van der Waals surface area contributed by atoms with Gasteiger partial charge in [0.05, 0.1) is 10.7 Å². The summed E-state index contributed by atoms with van der Waals surface area (Å²) in [5, 5.41) is 3.61. The van der Waals surface area contributed by atoms with Crippen LogP contribution in [-0.4, -0.2) is 39.3 Å². The lowest BCUT2D eigenvalue weighted by atomic mass is 10.0. The molecule has 0 saturated carbocycles. The van der Waals surface area contributed by atoms with E-state index in [9.17, 15) is 9.59 Å². The van der Waals surface area contributed by atoms with Crippen LogP contribution in [0.25, 0.3) is 5.65 Å². The van der Waals surface area contributed by atoms with Crippen LogP contribution in [0.1, 0.15) is 28.9 Å². The molecule has 1 aliphatic rings. The third-order valence-electron chi connectivity index (χ3n) is 5.02. The van der Waals surface area contributed by atoms with Gasteiger partial charge in [-0.3, -0.25) is 18.9 Å². The molecule has 6 nitrogen and oxygen atoms in total. The van der Waals surface area contributed by atoms with Crippen LogP contribution >= 0.6 is 11.6 Å². The van der Waals surface area contributed by atoms with E-state index in [2.05, 4.69) is 15.2 Å². The Hall–Kier alpha value is -2.70. The second kappa shape index (κ2) is 8.12. The first-order valence-electron chi connectivity index (χ1n) is 9.34. The molecule has 7 heteroatoms. The molecular weight excluding hydrogens is 376 g/mol. The first-order valence-corrected chi connectivity index (χ1v) is 9.72. The highest BCUT2D eigenvalue weighted by Gasteiger charge is 2.21. The normalized spacial score (nSPS) is 15.6. The number of halogens is 1. The highest BCUT2D eigenvalue weighted by atomic mass is 35.5. The van der Waals surface area contributed by atoms with Crippen LogP contribution in [0.3, 0.4) is 0 Å². The zero-order chi connectivity index (χ0) is 19.5. The van der Waals surface area contributed by atoms with Gasteiger partial charge in [-0.25, -0.2) is 4.98 Å². The fourth-order valence-corrected chi connectivity index (χ4v) is 3.69. The number of pyridine rings is 1. The number of benzene rings is 1. The highest BCUT2D eigenvalue weighted by Crippen LogP contribution is 2.14. The summed E-state index contributed by atoms with van der Waals surface area (Å²) in [4.78, 5) is 31.4. The molecule has 1 N–H and O–H groups in total. The van der Waals surface area contributed by atoms with Crippen molar-refractivity contribution in [1.29, 1.82) is 0 Å². The Morgan fingerprint density at radius 2 is 1.89 bits per heavy atom. The molecule has 4 rings (SSSR count). The van der Waals surface area contributed by atoms with Crippen molar-refractivity contribution in [1.82, 2.24) is 19.6 Å². The van der Waals surface area contributed by atoms with Crippen LogP contribution in [0.5, 0.6) is 0 Å². The molecule has 0 radical (unpaired) electrons. The van der Waals surface area contributed by atoms with Gasteiger partial charge in [0.25, 0.3) is 11.5 Å². The smallest absolute Gasteiger partial charge is 0.258 e. The van der Waals surface area contributed by atoms with Crippen LogP contribution in [-0.2, 0) is 6.54 Å². The van der Waals surface area contributed by atoms with Crippen molar-refractivity contribution in [3.8, 4) is 0 Å². The van der Waals surface area contributed by atoms with Crippen molar-refractivity contribution in [2.75, 3.05) is 13.1 Å². The molecule has 0 aliphatic carbocycles. The van der Waals surface area contributed by atoms with Crippen molar-refractivity contribution in [3.63, 3.8) is 0 Å². The average molecular weight is 397 g/mol. The minimum atomic E-state index is -0.132. The van der Waals surface area contributed by atoms with Gasteiger partial charge in [-0.05, 0) is 37.1 Å². The maximum atomic E-state index is 12.3. The monoisotopic (exact) mass is 396 g/mol. The van der Waals surface area contributed by atoms with Crippen LogP contribution in [0.15, 0.2) is 59.5 Å². The van der Waals surface area contributed by atoms with Crippen molar-refractivity contribution in [3.05, 3.63) is 81.4 Å². The Morgan fingerprint density at radius 3 is 2.64 bits per heavy atom. The van der Waals surface area contributed by atoms with E-state index >= 15 is 0 Å². The molecular formula is C21H21ClN4O2. The van der Waals surface area contributed by atoms with E-state index in [-0.39, 0.29) is 17.5 Å². The summed E-state index contributed by atoms with van der Waals surface area (Å²) in [6.45, 7) is 2.32. The van der Waals surface area contributed by atoms with Crippen molar-refractivity contribution >= 4 is 23.2 Å². The van der Waals surface area contributed by atoms with Gasteiger partial charge in [-0.15, -0.1) is 0 Å². The fraction of sp³-hybridized carbons (Fsp3) is 0.286. The average Bonchev–Trinajstić information content (AvgIpc) is 2.71. The van der Waals surface area contributed by atoms with Crippen LogP contribution < -0.4 is 10.9 Å². The minimum absolute atomic E-state index is 0.0260. The van der Waals surface area contributed by atoms with E-state index in [4.69, 9.17) is 11.6 Å². The lowest BCUT2D eigenvalue weighted by Gasteiger charge is -2.32. The number of hydrogen-bond acceptors (Lipinski definition) is 4. The number of amides is 1. The zero-order valence-electron chi connectivity index (χ0n) is 15.3. The van der Waals surface area contributed by atoms with E-state index in [0.717, 1.165) is 31.6 Å². The Bertz CT molecular complexity index is 1040. The molecule has 1 amide bonds. The van der Waals surface area contributed by atoms with E-state index in [1.165, 1.54) is 4.40 Å². The Kier molecular flexibility index (Phi) is 5.41. The van der Waals surface area contributed by atoms with E-state index < -0.39 is 0 Å². The Balaban J connectivity index is 1.36. The summed E-state index contributed by atoms with van der Waals surface area (Å²) in [6, 6.07) is 14.5. The molecule has 1 aliphatic heterocycles. The van der Waals surface area contributed by atoms with Crippen molar-refractivity contribution in [2.45, 2.75) is 25.4 Å². The third-order valence-corrected chi connectivity index (χ3v) is 5.24. The molecule has 1 fully saturated rings. The molecule has 1 saturated heterocycles. The summed E-state index contributed by atoms with van der Waals surface area (Å²) >= 11 is 5.95. The fourth-order valence-electron chi connectivity index (χ4n) is 3.53. The van der Waals surface area contributed by atoms with Gasteiger partial charge in [0.1, 0.15) is 5.65 Å². The summed E-state index contributed by atoms with van der Waals surface area (Å²) in [7, 11) is 0. The lowest BCUT2D eigenvalue weighted by Crippen LogP contribution is -2.44. The van der Waals surface area contributed by atoms with Gasteiger partial charge in [0, 0.05) is 43.5 Å². The predicted molar refractivity (Wildman–Crippen MR) is 109 cm³/mol. The molecule has 0 spiro atoms. The maximum Gasteiger partial charge on any atom is 0.258 e. The highest BCUT2D eigenvalue weighted by molar-refractivity contribution is 6.30. The topological polar surface area (TPSA) is 66.7 Å². The maximum absolute atomic E-state index is 12.3. The number of hydrogen-bond donors (Lipinski definition) is 1. The molecule has 0 bridgehead atoms. The number of nitrogens with zero attached hydrogens (tertiary/aromatic N) is 3. The van der Waals surface area contributed by atoms with E-state index in [1.807, 2.05) is 30.3 Å². The number of rotatable bonds is 4. The van der Waals surface area contributed by atoms with Gasteiger partial charge in [-0.1, -0.05) is 29.8 Å². The summed E-state index contributed by atoms with van der Waals surface area (Å²) in [5.74, 6) is -0.0260. The minimum Gasteiger partial charge on any atom is -0.349 e. The Morgan fingerprint density at radius 1 is 1.14 bits per heavy atom. The SMILES string of the molecule is O=C(NC1CCN(Cc2cc(=O)n3cc(Cl)ccc3n2)CC1)c1ccccc1. The second-order valence-electron chi connectivity index (χ2n) is 7.05. The molecule has 28 heavy (non-hydrogen) atoms. The van der Waals surface area contributed by atoms with Crippen LogP contribution in [0, 0.1) is 0 Å². The van der Waals surface area contributed by atoms with Gasteiger partial charge < -0.3 is 5.32 Å². The number of likely N-dealkylation sites (tertiary alicyclic amines) is 1. The molecule has 2 aromatic heterocycles. The number of carbonyl (C=O) groups is 1. The Labute approximate surface area is 167 Å². The summed E-state index contributed by atoms with van der Waals surface area (Å²) in [6.07, 6.45) is 3.33. The van der Waals surface area contributed by atoms with Crippen molar-refractivity contribution < 1.29 is 4.79 Å². The lowest BCUT2D eigenvalue weighted by molar-refractivity contribution is 0.0908. The molecule has 1 aromatic carbocycles. The molecule has 3 heterocycles. The molecule has 144 valence electrons.